The molecule has 0 fully saturated rings. The molecule has 3 aromatic rings. The van der Waals surface area contributed by atoms with Gasteiger partial charge in [0.2, 0.25) is 0 Å². The molecule has 3 rings (SSSR count). The minimum absolute atomic E-state index is 0.710. The van der Waals surface area contributed by atoms with Crippen LogP contribution < -0.4 is 5.32 Å². The van der Waals surface area contributed by atoms with E-state index in [1.165, 1.54) is 0 Å². The highest BCUT2D eigenvalue weighted by Gasteiger charge is 2.39. The van der Waals surface area contributed by atoms with Crippen LogP contribution in [0.5, 0.6) is 0 Å². The van der Waals surface area contributed by atoms with Crippen LogP contribution in [-0.4, -0.2) is 26.2 Å². The highest BCUT2D eigenvalue weighted by Crippen LogP contribution is 2.41. The normalized spacial score (nSPS) is 11.5. The first kappa shape index (κ1) is 17.2. The van der Waals surface area contributed by atoms with Gasteiger partial charge in [-0.05, 0) is 28.8 Å². The smallest absolute Gasteiger partial charge is 0.165 e. The lowest BCUT2D eigenvalue weighted by Gasteiger charge is -2.37. The zero-order valence-corrected chi connectivity index (χ0v) is 14.9. The SMILES string of the molecule is CNc1ccc(C(ON(C)C)(c2ccccc2)c2ccccc2)cc1. The Labute approximate surface area is 149 Å². The van der Waals surface area contributed by atoms with E-state index in [2.05, 4.69) is 53.8 Å². The van der Waals surface area contributed by atoms with Gasteiger partial charge in [0, 0.05) is 26.8 Å². The molecule has 3 nitrogen and oxygen atoms in total. The van der Waals surface area contributed by atoms with Crippen molar-refractivity contribution in [3.8, 4) is 0 Å². The first-order chi connectivity index (χ1) is 12.2. The summed E-state index contributed by atoms with van der Waals surface area (Å²) in [6.45, 7) is 0. The van der Waals surface area contributed by atoms with E-state index in [4.69, 9.17) is 4.84 Å². The van der Waals surface area contributed by atoms with Gasteiger partial charge in [-0.25, -0.2) is 0 Å². The molecule has 0 amide bonds. The van der Waals surface area contributed by atoms with Crippen LogP contribution in [0.25, 0.3) is 0 Å². The molecule has 128 valence electrons. The lowest BCUT2D eigenvalue weighted by Crippen LogP contribution is -2.37. The molecule has 3 heteroatoms. The average molecular weight is 332 g/mol. The van der Waals surface area contributed by atoms with Gasteiger partial charge in [-0.15, -0.1) is 0 Å². The predicted octanol–water partition coefficient (Wildman–Crippen LogP) is 4.51. The van der Waals surface area contributed by atoms with Gasteiger partial charge in [0.15, 0.2) is 5.60 Å². The van der Waals surface area contributed by atoms with E-state index in [0.717, 1.165) is 22.4 Å². The van der Waals surface area contributed by atoms with E-state index >= 15 is 0 Å². The molecular weight excluding hydrogens is 308 g/mol. The Morgan fingerprint density at radius 2 is 1.12 bits per heavy atom. The van der Waals surface area contributed by atoms with Crippen molar-refractivity contribution in [1.29, 1.82) is 0 Å². The van der Waals surface area contributed by atoms with E-state index in [9.17, 15) is 0 Å². The molecule has 0 aromatic heterocycles. The molecule has 0 atom stereocenters. The fourth-order valence-electron chi connectivity index (χ4n) is 3.15. The Hall–Kier alpha value is -2.62. The van der Waals surface area contributed by atoms with Crippen LogP contribution in [-0.2, 0) is 10.4 Å². The minimum Gasteiger partial charge on any atom is -0.388 e. The summed E-state index contributed by atoms with van der Waals surface area (Å²) in [5, 5.41) is 4.94. The van der Waals surface area contributed by atoms with Crippen LogP contribution in [0.1, 0.15) is 16.7 Å². The maximum atomic E-state index is 6.48. The van der Waals surface area contributed by atoms with E-state index in [1.807, 2.05) is 57.5 Å². The monoisotopic (exact) mass is 332 g/mol. The van der Waals surface area contributed by atoms with E-state index in [-0.39, 0.29) is 0 Å². The van der Waals surface area contributed by atoms with Crippen LogP contribution in [0.2, 0.25) is 0 Å². The maximum absolute atomic E-state index is 6.48. The topological polar surface area (TPSA) is 24.5 Å². The molecule has 0 unspecified atom stereocenters. The lowest BCUT2D eigenvalue weighted by molar-refractivity contribution is -0.191. The molecule has 3 aromatic carbocycles. The molecule has 1 N–H and O–H groups in total. The van der Waals surface area contributed by atoms with Crippen molar-refractivity contribution < 1.29 is 4.84 Å². The molecule has 0 heterocycles. The number of benzene rings is 3. The first-order valence-electron chi connectivity index (χ1n) is 8.42. The van der Waals surface area contributed by atoms with Gasteiger partial charge in [0.1, 0.15) is 0 Å². The third kappa shape index (κ3) is 3.43. The van der Waals surface area contributed by atoms with E-state index < -0.39 is 5.60 Å². The average Bonchev–Trinajstić information content (AvgIpc) is 2.67. The third-order valence-corrected chi connectivity index (χ3v) is 4.26. The molecule has 0 spiro atoms. The largest absolute Gasteiger partial charge is 0.388 e. The van der Waals surface area contributed by atoms with Crippen molar-refractivity contribution in [2.75, 3.05) is 26.5 Å². The number of hydrogen-bond acceptors (Lipinski definition) is 3. The number of hydrogen-bond donors (Lipinski definition) is 1. The van der Waals surface area contributed by atoms with Crippen LogP contribution in [0.15, 0.2) is 84.9 Å². The Bertz CT molecular complexity index is 744. The summed E-state index contributed by atoms with van der Waals surface area (Å²) < 4.78 is 0. The summed E-state index contributed by atoms with van der Waals surface area (Å²) in [7, 11) is 5.76. The third-order valence-electron chi connectivity index (χ3n) is 4.26. The van der Waals surface area contributed by atoms with Gasteiger partial charge >= 0.3 is 0 Å². The Kier molecular flexibility index (Phi) is 5.17. The predicted molar refractivity (Wildman–Crippen MR) is 104 cm³/mol. The van der Waals surface area contributed by atoms with Gasteiger partial charge < -0.3 is 5.32 Å². The highest BCUT2D eigenvalue weighted by molar-refractivity contribution is 5.52. The molecular formula is C22H24N2O. The van der Waals surface area contributed by atoms with Gasteiger partial charge in [0.25, 0.3) is 0 Å². The van der Waals surface area contributed by atoms with Crippen LogP contribution in [0.3, 0.4) is 0 Å². The molecule has 0 aliphatic carbocycles. The summed E-state index contributed by atoms with van der Waals surface area (Å²) in [6.07, 6.45) is 0. The summed E-state index contributed by atoms with van der Waals surface area (Å²) in [4.78, 5) is 6.48. The molecule has 0 saturated carbocycles. The zero-order chi connectivity index (χ0) is 17.7. The van der Waals surface area contributed by atoms with Crippen molar-refractivity contribution in [2.24, 2.45) is 0 Å². The van der Waals surface area contributed by atoms with Crippen molar-refractivity contribution in [2.45, 2.75) is 5.60 Å². The zero-order valence-electron chi connectivity index (χ0n) is 14.9. The van der Waals surface area contributed by atoms with Crippen molar-refractivity contribution in [1.82, 2.24) is 5.06 Å². The Morgan fingerprint density at radius 1 is 0.680 bits per heavy atom. The highest BCUT2D eigenvalue weighted by atomic mass is 16.7. The molecule has 25 heavy (non-hydrogen) atoms. The standard InChI is InChI=1S/C22H24N2O/c1-23-21-16-14-20(15-17-21)22(25-24(2)3,18-10-6-4-7-11-18)19-12-8-5-9-13-19/h4-17,23H,1-3H3. The summed E-state index contributed by atoms with van der Waals surface area (Å²) >= 11 is 0. The minimum atomic E-state index is -0.710. The summed E-state index contributed by atoms with van der Waals surface area (Å²) in [5.74, 6) is 0. The Balaban J connectivity index is 2.27. The van der Waals surface area contributed by atoms with Crippen LogP contribution >= 0.6 is 0 Å². The molecule has 0 bridgehead atoms. The van der Waals surface area contributed by atoms with Gasteiger partial charge in [-0.2, -0.15) is 5.06 Å². The van der Waals surface area contributed by atoms with Gasteiger partial charge in [-0.3, -0.25) is 4.84 Å². The van der Waals surface area contributed by atoms with Crippen LogP contribution in [0, 0.1) is 0 Å². The molecule has 0 aliphatic heterocycles. The summed E-state index contributed by atoms with van der Waals surface area (Å²) in [5.41, 5.74) is 3.62. The number of hydroxylamine groups is 2. The second-order valence-electron chi connectivity index (χ2n) is 6.14. The first-order valence-corrected chi connectivity index (χ1v) is 8.42. The second-order valence-corrected chi connectivity index (χ2v) is 6.14. The van der Waals surface area contributed by atoms with Crippen LogP contribution in [0.4, 0.5) is 5.69 Å². The van der Waals surface area contributed by atoms with Crippen molar-refractivity contribution >= 4 is 5.69 Å². The van der Waals surface area contributed by atoms with Crippen molar-refractivity contribution in [3.05, 3.63) is 102 Å². The Morgan fingerprint density at radius 3 is 1.52 bits per heavy atom. The fraction of sp³-hybridized carbons (Fsp3) is 0.182. The number of nitrogens with one attached hydrogen (secondary N) is 1. The van der Waals surface area contributed by atoms with Gasteiger partial charge in [0.05, 0.1) is 0 Å². The lowest BCUT2D eigenvalue weighted by atomic mass is 9.80. The molecule has 0 aliphatic rings. The number of rotatable bonds is 6. The van der Waals surface area contributed by atoms with E-state index in [0.29, 0.717) is 0 Å². The number of anilines is 1. The fourth-order valence-corrected chi connectivity index (χ4v) is 3.15. The van der Waals surface area contributed by atoms with Gasteiger partial charge in [-0.1, -0.05) is 72.8 Å². The van der Waals surface area contributed by atoms with Crippen molar-refractivity contribution in [3.63, 3.8) is 0 Å². The number of nitrogens with zero attached hydrogens (tertiary/aromatic N) is 1. The maximum Gasteiger partial charge on any atom is 0.165 e. The molecule has 0 radical (unpaired) electrons. The van der Waals surface area contributed by atoms with E-state index in [1.54, 1.807) is 5.06 Å². The second kappa shape index (κ2) is 7.51. The molecule has 0 saturated heterocycles. The quantitative estimate of drug-likeness (QED) is 0.531. The summed E-state index contributed by atoms with van der Waals surface area (Å²) in [6, 6.07) is 29.1.